The summed E-state index contributed by atoms with van der Waals surface area (Å²) in [5.41, 5.74) is 1.51. The van der Waals surface area contributed by atoms with Crippen LogP contribution in [0, 0.1) is 5.41 Å². The Kier molecular flexibility index (Phi) is 4.63. The Morgan fingerprint density at radius 1 is 1.13 bits per heavy atom. The maximum absolute atomic E-state index is 6.14. The van der Waals surface area contributed by atoms with Crippen LogP contribution in [0.2, 0.25) is 0 Å². The molecule has 4 rings (SSSR count). The first kappa shape index (κ1) is 15.5. The van der Waals surface area contributed by atoms with E-state index in [2.05, 4.69) is 14.9 Å². The lowest BCUT2D eigenvalue weighted by molar-refractivity contribution is 0.0422. The highest BCUT2D eigenvalue weighted by Crippen LogP contribution is 2.43. The fourth-order valence-corrected chi connectivity index (χ4v) is 4.85. The van der Waals surface area contributed by atoms with Crippen molar-refractivity contribution in [3.8, 4) is 0 Å². The van der Waals surface area contributed by atoms with Gasteiger partial charge in [0, 0.05) is 31.1 Å². The first-order valence-corrected chi connectivity index (χ1v) is 9.44. The molecule has 1 unspecified atom stereocenters. The van der Waals surface area contributed by atoms with E-state index in [1.807, 2.05) is 6.20 Å². The van der Waals surface area contributed by atoms with Gasteiger partial charge in [-0.15, -0.1) is 0 Å². The second-order valence-corrected chi connectivity index (χ2v) is 7.87. The van der Waals surface area contributed by atoms with Crippen molar-refractivity contribution in [1.82, 2.24) is 14.9 Å². The molecule has 2 saturated heterocycles. The van der Waals surface area contributed by atoms with Crippen molar-refractivity contribution in [3.63, 3.8) is 0 Å². The minimum Gasteiger partial charge on any atom is -0.377 e. The van der Waals surface area contributed by atoms with Crippen molar-refractivity contribution in [3.05, 3.63) is 24.3 Å². The molecule has 4 heteroatoms. The number of ether oxygens (including phenoxy) is 1. The Labute approximate surface area is 139 Å². The predicted octanol–water partition coefficient (Wildman–Crippen LogP) is 3.22. The SMILES string of the molecule is c1cnc(CC2CC3(CCN(C4CCCCC4)CC3)CO2)cn1. The van der Waals surface area contributed by atoms with Crippen LogP contribution < -0.4 is 0 Å². The van der Waals surface area contributed by atoms with Crippen LogP contribution in [0.15, 0.2) is 18.6 Å². The van der Waals surface area contributed by atoms with Crippen LogP contribution in [0.5, 0.6) is 0 Å². The lowest BCUT2D eigenvalue weighted by atomic mass is 9.75. The quantitative estimate of drug-likeness (QED) is 0.858. The van der Waals surface area contributed by atoms with Gasteiger partial charge in [0.15, 0.2) is 0 Å². The minimum atomic E-state index is 0.341. The van der Waals surface area contributed by atoms with Crippen LogP contribution in [-0.2, 0) is 11.2 Å². The third kappa shape index (κ3) is 3.58. The summed E-state index contributed by atoms with van der Waals surface area (Å²) in [6, 6.07) is 0.874. The molecule has 1 spiro atoms. The first-order chi connectivity index (χ1) is 11.3. The number of hydrogen-bond donors (Lipinski definition) is 0. The zero-order chi connectivity index (χ0) is 15.5. The van der Waals surface area contributed by atoms with Gasteiger partial charge in [0.1, 0.15) is 0 Å². The molecule has 1 aliphatic carbocycles. The number of aromatic nitrogens is 2. The molecule has 3 fully saturated rings. The third-order valence-electron chi connectivity index (χ3n) is 6.29. The molecule has 3 aliphatic rings. The van der Waals surface area contributed by atoms with Crippen molar-refractivity contribution in [2.45, 2.75) is 69.9 Å². The van der Waals surface area contributed by atoms with Crippen molar-refractivity contribution in [1.29, 1.82) is 0 Å². The van der Waals surface area contributed by atoms with Gasteiger partial charge in [-0.25, -0.2) is 0 Å². The molecule has 1 atom stereocenters. The molecule has 0 bridgehead atoms. The molecule has 1 aromatic heterocycles. The van der Waals surface area contributed by atoms with Crippen LogP contribution in [0.4, 0.5) is 0 Å². The second-order valence-electron chi connectivity index (χ2n) is 7.87. The van der Waals surface area contributed by atoms with E-state index < -0.39 is 0 Å². The van der Waals surface area contributed by atoms with Gasteiger partial charge in [0.05, 0.1) is 18.4 Å². The predicted molar refractivity (Wildman–Crippen MR) is 90.2 cm³/mol. The molecule has 4 nitrogen and oxygen atoms in total. The number of likely N-dealkylation sites (tertiary alicyclic amines) is 1. The van der Waals surface area contributed by atoms with Gasteiger partial charge in [-0.05, 0) is 50.6 Å². The van der Waals surface area contributed by atoms with Gasteiger partial charge in [-0.2, -0.15) is 0 Å². The Morgan fingerprint density at radius 2 is 1.96 bits per heavy atom. The normalized spacial score (nSPS) is 29.1. The Balaban J connectivity index is 1.29. The highest BCUT2D eigenvalue weighted by molar-refractivity contribution is 5.01. The fraction of sp³-hybridized carbons (Fsp3) is 0.789. The largest absolute Gasteiger partial charge is 0.377 e. The molecule has 0 radical (unpaired) electrons. The highest BCUT2D eigenvalue weighted by Gasteiger charge is 2.43. The maximum Gasteiger partial charge on any atom is 0.0637 e. The van der Waals surface area contributed by atoms with Gasteiger partial charge in [0.2, 0.25) is 0 Å². The van der Waals surface area contributed by atoms with Crippen molar-refractivity contribution >= 4 is 0 Å². The Morgan fingerprint density at radius 3 is 2.70 bits per heavy atom. The van der Waals surface area contributed by atoms with Crippen LogP contribution in [0.3, 0.4) is 0 Å². The molecule has 0 N–H and O–H groups in total. The highest BCUT2D eigenvalue weighted by atomic mass is 16.5. The molecule has 2 aliphatic heterocycles. The zero-order valence-electron chi connectivity index (χ0n) is 14.1. The Bertz CT molecular complexity index is 493. The van der Waals surface area contributed by atoms with Crippen LogP contribution in [-0.4, -0.2) is 46.7 Å². The van der Waals surface area contributed by atoms with Gasteiger partial charge >= 0.3 is 0 Å². The van der Waals surface area contributed by atoms with Crippen molar-refractivity contribution in [2.75, 3.05) is 19.7 Å². The molecule has 126 valence electrons. The summed E-state index contributed by atoms with van der Waals surface area (Å²) in [6.07, 6.45) is 17.7. The van der Waals surface area contributed by atoms with E-state index in [0.717, 1.165) is 24.8 Å². The standard InChI is InChI=1S/C19H29N3O/c1-2-4-17(5-3-1)22-10-6-19(7-11-22)13-18(23-15-19)12-16-14-20-8-9-21-16/h8-9,14,17-18H,1-7,10-13,15H2. The lowest BCUT2D eigenvalue weighted by Gasteiger charge is -2.43. The van der Waals surface area contributed by atoms with E-state index in [1.54, 1.807) is 12.4 Å². The number of piperidine rings is 1. The van der Waals surface area contributed by atoms with Gasteiger partial charge < -0.3 is 9.64 Å². The summed E-state index contributed by atoms with van der Waals surface area (Å²) in [5, 5.41) is 0. The summed E-state index contributed by atoms with van der Waals surface area (Å²) < 4.78 is 6.14. The topological polar surface area (TPSA) is 38.2 Å². The minimum absolute atomic E-state index is 0.341. The van der Waals surface area contributed by atoms with Gasteiger partial charge in [-0.1, -0.05) is 19.3 Å². The molecule has 1 aromatic rings. The molecule has 3 heterocycles. The van der Waals surface area contributed by atoms with E-state index in [1.165, 1.54) is 64.5 Å². The van der Waals surface area contributed by atoms with Gasteiger partial charge in [0.25, 0.3) is 0 Å². The Hall–Kier alpha value is -1.00. The molecule has 23 heavy (non-hydrogen) atoms. The van der Waals surface area contributed by atoms with E-state index in [4.69, 9.17) is 4.74 Å². The average Bonchev–Trinajstić information content (AvgIpc) is 2.99. The molecule has 0 aromatic carbocycles. The smallest absolute Gasteiger partial charge is 0.0637 e. The average molecular weight is 315 g/mol. The van der Waals surface area contributed by atoms with Crippen molar-refractivity contribution in [2.24, 2.45) is 5.41 Å². The summed E-state index contributed by atoms with van der Waals surface area (Å²) in [5.74, 6) is 0. The lowest BCUT2D eigenvalue weighted by Crippen LogP contribution is -2.46. The molecule has 0 amide bonds. The first-order valence-electron chi connectivity index (χ1n) is 9.44. The fourth-order valence-electron chi connectivity index (χ4n) is 4.85. The number of rotatable bonds is 3. The van der Waals surface area contributed by atoms with Crippen LogP contribution in [0.25, 0.3) is 0 Å². The number of nitrogens with zero attached hydrogens (tertiary/aromatic N) is 3. The molecule has 1 saturated carbocycles. The summed E-state index contributed by atoms with van der Waals surface area (Å²) >= 11 is 0. The van der Waals surface area contributed by atoms with E-state index in [-0.39, 0.29) is 0 Å². The summed E-state index contributed by atoms with van der Waals surface area (Å²) in [6.45, 7) is 3.52. The van der Waals surface area contributed by atoms with E-state index in [9.17, 15) is 0 Å². The zero-order valence-corrected chi connectivity index (χ0v) is 14.1. The monoisotopic (exact) mass is 315 g/mol. The van der Waals surface area contributed by atoms with E-state index in [0.29, 0.717) is 11.5 Å². The third-order valence-corrected chi connectivity index (χ3v) is 6.29. The van der Waals surface area contributed by atoms with Gasteiger partial charge in [-0.3, -0.25) is 9.97 Å². The maximum atomic E-state index is 6.14. The second kappa shape index (κ2) is 6.86. The molecular formula is C19H29N3O. The van der Waals surface area contributed by atoms with Crippen molar-refractivity contribution < 1.29 is 4.74 Å². The van der Waals surface area contributed by atoms with Crippen LogP contribution in [0.1, 0.15) is 57.1 Å². The summed E-state index contributed by atoms with van der Waals surface area (Å²) in [7, 11) is 0. The summed E-state index contributed by atoms with van der Waals surface area (Å²) in [4.78, 5) is 11.3. The number of hydrogen-bond acceptors (Lipinski definition) is 4. The van der Waals surface area contributed by atoms with Crippen LogP contribution >= 0.6 is 0 Å². The molecular weight excluding hydrogens is 286 g/mol. The van der Waals surface area contributed by atoms with E-state index >= 15 is 0 Å².